The van der Waals surface area contributed by atoms with Crippen molar-refractivity contribution in [3.05, 3.63) is 54.6 Å². The molecule has 2 fully saturated rings. The topological polar surface area (TPSA) is 92.3 Å². The second kappa shape index (κ2) is 8.24. The Labute approximate surface area is 190 Å². The van der Waals surface area contributed by atoms with E-state index in [9.17, 15) is 9.50 Å². The van der Waals surface area contributed by atoms with Crippen LogP contribution in [0.15, 0.2) is 49.1 Å². The first-order chi connectivity index (χ1) is 16.2. The first kappa shape index (κ1) is 20.3. The second-order valence-corrected chi connectivity index (χ2v) is 8.85. The standard InChI is InChI=1S/C24H26FN7O/c25-19-10-26-7-6-20(19)29-23-3-1-2-21(30-23)22-11-27-24-8-15(14-33)18(13-31(22)24)16-9-28-32(12-16)17-4-5-17/h1-3,8-9,11-13,17,19-20,26,33H,4-7,10,14H2,(H,29,30)/t19-,20-/m0/s1. The molecule has 2 atom stereocenters. The number of piperidine rings is 1. The molecule has 1 saturated carbocycles. The van der Waals surface area contributed by atoms with Gasteiger partial charge in [0.1, 0.15) is 17.6 Å². The van der Waals surface area contributed by atoms with E-state index in [0.29, 0.717) is 24.8 Å². The Morgan fingerprint density at radius 3 is 2.91 bits per heavy atom. The summed E-state index contributed by atoms with van der Waals surface area (Å²) in [6.45, 7) is 1.07. The van der Waals surface area contributed by atoms with Crippen LogP contribution < -0.4 is 10.6 Å². The smallest absolute Gasteiger partial charge is 0.137 e. The van der Waals surface area contributed by atoms with Crippen molar-refractivity contribution in [2.75, 3.05) is 18.4 Å². The molecular formula is C24H26FN7O. The Morgan fingerprint density at radius 2 is 2.09 bits per heavy atom. The molecule has 9 heteroatoms. The summed E-state index contributed by atoms with van der Waals surface area (Å²) in [6.07, 6.45) is 9.76. The van der Waals surface area contributed by atoms with Crippen molar-refractivity contribution < 1.29 is 9.50 Å². The third-order valence-corrected chi connectivity index (χ3v) is 6.49. The Hall–Kier alpha value is -3.30. The van der Waals surface area contributed by atoms with E-state index in [-0.39, 0.29) is 12.6 Å². The zero-order valence-electron chi connectivity index (χ0n) is 18.2. The van der Waals surface area contributed by atoms with Crippen LogP contribution in [0.1, 0.15) is 30.9 Å². The molecule has 0 amide bonds. The van der Waals surface area contributed by atoms with Crippen LogP contribution >= 0.6 is 0 Å². The van der Waals surface area contributed by atoms with Crippen LogP contribution in [-0.4, -0.2) is 54.6 Å². The van der Waals surface area contributed by atoms with E-state index in [2.05, 4.69) is 20.7 Å². The van der Waals surface area contributed by atoms with Gasteiger partial charge in [0.05, 0.1) is 42.5 Å². The van der Waals surface area contributed by atoms with Gasteiger partial charge in [-0.05, 0) is 49.6 Å². The molecule has 2 aliphatic rings. The minimum Gasteiger partial charge on any atom is -0.392 e. The number of imidazole rings is 1. The lowest BCUT2D eigenvalue weighted by atomic mass is 10.1. The van der Waals surface area contributed by atoms with Crippen LogP contribution in [0.5, 0.6) is 0 Å². The summed E-state index contributed by atoms with van der Waals surface area (Å²) in [6, 6.07) is 7.85. The summed E-state index contributed by atoms with van der Waals surface area (Å²) in [4.78, 5) is 9.29. The summed E-state index contributed by atoms with van der Waals surface area (Å²) in [5.41, 5.74) is 4.99. The lowest BCUT2D eigenvalue weighted by molar-refractivity contribution is 0.244. The van der Waals surface area contributed by atoms with Gasteiger partial charge in [0.25, 0.3) is 0 Å². The summed E-state index contributed by atoms with van der Waals surface area (Å²) < 4.78 is 18.2. The SMILES string of the molecule is OCc1cc2ncc(-c3cccc(N[C@H]4CCNC[C@@H]4F)n3)n2cc1-c1cnn(C2CC2)c1. The molecule has 0 bridgehead atoms. The van der Waals surface area contributed by atoms with Crippen molar-refractivity contribution in [2.24, 2.45) is 0 Å². The van der Waals surface area contributed by atoms with E-state index in [1.807, 2.05) is 51.9 Å². The summed E-state index contributed by atoms with van der Waals surface area (Å²) in [5, 5.41) is 20.8. The van der Waals surface area contributed by atoms with Gasteiger partial charge in [0, 0.05) is 30.1 Å². The lowest BCUT2D eigenvalue weighted by Crippen LogP contribution is -2.45. The zero-order chi connectivity index (χ0) is 22.4. The first-order valence-corrected chi connectivity index (χ1v) is 11.4. The molecule has 6 rings (SSSR count). The van der Waals surface area contributed by atoms with Crippen LogP contribution in [0.4, 0.5) is 10.2 Å². The van der Waals surface area contributed by atoms with Crippen molar-refractivity contribution in [1.29, 1.82) is 0 Å². The fourth-order valence-electron chi connectivity index (χ4n) is 4.49. The number of fused-ring (bicyclic) bond motifs is 1. The van der Waals surface area contributed by atoms with Gasteiger partial charge in [-0.2, -0.15) is 5.10 Å². The molecule has 4 aromatic heterocycles. The highest BCUT2D eigenvalue weighted by molar-refractivity contribution is 5.71. The predicted octanol–water partition coefficient (Wildman–Crippen LogP) is 3.20. The molecule has 1 aliphatic carbocycles. The number of nitrogens with zero attached hydrogens (tertiary/aromatic N) is 5. The van der Waals surface area contributed by atoms with Crippen molar-refractivity contribution in [2.45, 2.75) is 44.1 Å². The number of hydrogen-bond acceptors (Lipinski definition) is 6. The number of halogens is 1. The average Bonchev–Trinajstić information content (AvgIpc) is 3.42. The fraction of sp³-hybridized carbons (Fsp3) is 0.375. The quantitative estimate of drug-likeness (QED) is 0.420. The number of aliphatic hydroxyl groups excluding tert-OH is 1. The van der Waals surface area contributed by atoms with E-state index in [1.165, 1.54) is 0 Å². The molecule has 0 unspecified atom stereocenters. The van der Waals surface area contributed by atoms with E-state index in [4.69, 9.17) is 4.98 Å². The largest absolute Gasteiger partial charge is 0.392 e. The molecule has 8 nitrogen and oxygen atoms in total. The van der Waals surface area contributed by atoms with Gasteiger partial charge in [-0.25, -0.2) is 14.4 Å². The average molecular weight is 448 g/mol. The number of rotatable bonds is 6. The van der Waals surface area contributed by atoms with Crippen LogP contribution in [0, 0.1) is 0 Å². The number of alkyl halides is 1. The summed E-state index contributed by atoms with van der Waals surface area (Å²) >= 11 is 0. The normalized spacial score (nSPS) is 20.9. The Morgan fingerprint density at radius 1 is 1.18 bits per heavy atom. The van der Waals surface area contributed by atoms with Crippen LogP contribution in [0.2, 0.25) is 0 Å². The molecule has 170 valence electrons. The van der Waals surface area contributed by atoms with Gasteiger partial charge < -0.3 is 15.7 Å². The van der Waals surface area contributed by atoms with Crippen molar-refractivity contribution >= 4 is 11.5 Å². The van der Waals surface area contributed by atoms with Gasteiger partial charge in [-0.1, -0.05) is 6.07 Å². The number of pyridine rings is 2. The first-order valence-electron chi connectivity index (χ1n) is 11.4. The van der Waals surface area contributed by atoms with E-state index in [1.54, 1.807) is 6.20 Å². The summed E-state index contributed by atoms with van der Waals surface area (Å²) in [5.74, 6) is 0.648. The predicted molar refractivity (Wildman–Crippen MR) is 124 cm³/mol. The van der Waals surface area contributed by atoms with Gasteiger partial charge in [0.15, 0.2) is 0 Å². The Balaban J connectivity index is 1.36. The Bertz CT molecular complexity index is 1300. The third-order valence-electron chi connectivity index (χ3n) is 6.49. The minimum atomic E-state index is -0.948. The van der Waals surface area contributed by atoms with Gasteiger partial charge in [-0.15, -0.1) is 0 Å². The highest BCUT2D eigenvalue weighted by atomic mass is 19.1. The number of anilines is 1. The molecule has 33 heavy (non-hydrogen) atoms. The zero-order valence-corrected chi connectivity index (χ0v) is 18.2. The van der Waals surface area contributed by atoms with Crippen LogP contribution in [-0.2, 0) is 6.61 Å². The van der Waals surface area contributed by atoms with Crippen molar-refractivity contribution in [1.82, 2.24) is 29.5 Å². The number of nitrogens with one attached hydrogen (secondary N) is 2. The summed E-state index contributed by atoms with van der Waals surface area (Å²) in [7, 11) is 0. The molecule has 0 aromatic carbocycles. The fourth-order valence-corrected chi connectivity index (χ4v) is 4.49. The van der Waals surface area contributed by atoms with Gasteiger partial charge in [0.2, 0.25) is 0 Å². The van der Waals surface area contributed by atoms with Crippen LogP contribution in [0.3, 0.4) is 0 Å². The van der Waals surface area contributed by atoms with Crippen molar-refractivity contribution in [3.8, 4) is 22.5 Å². The third kappa shape index (κ3) is 3.87. The van der Waals surface area contributed by atoms with E-state index in [0.717, 1.165) is 53.1 Å². The highest BCUT2D eigenvalue weighted by Gasteiger charge is 2.26. The Kier molecular flexibility index (Phi) is 5.07. The van der Waals surface area contributed by atoms with E-state index < -0.39 is 6.17 Å². The molecule has 0 spiro atoms. The lowest BCUT2D eigenvalue weighted by Gasteiger charge is -2.27. The number of aliphatic hydroxyl groups is 1. The maximum absolute atomic E-state index is 14.3. The molecule has 3 N–H and O–H groups in total. The maximum atomic E-state index is 14.3. The molecule has 1 aliphatic heterocycles. The monoisotopic (exact) mass is 447 g/mol. The van der Waals surface area contributed by atoms with Crippen LogP contribution in [0.25, 0.3) is 28.2 Å². The number of hydrogen-bond donors (Lipinski definition) is 3. The number of aromatic nitrogens is 5. The molecule has 4 aromatic rings. The van der Waals surface area contributed by atoms with Gasteiger partial charge in [-0.3, -0.25) is 9.08 Å². The second-order valence-electron chi connectivity index (χ2n) is 8.85. The molecular weight excluding hydrogens is 421 g/mol. The van der Waals surface area contributed by atoms with Crippen molar-refractivity contribution in [3.63, 3.8) is 0 Å². The van der Waals surface area contributed by atoms with E-state index >= 15 is 0 Å². The van der Waals surface area contributed by atoms with Gasteiger partial charge >= 0.3 is 0 Å². The molecule has 0 radical (unpaired) electrons. The minimum absolute atomic E-state index is 0.0824. The maximum Gasteiger partial charge on any atom is 0.137 e. The highest BCUT2D eigenvalue weighted by Crippen LogP contribution is 2.36. The molecule has 1 saturated heterocycles. The molecule has 5 heterocycles.